The highest BCUT2D eigenvalue weighted by atomic mass is 32.2. The summed E-state index contributed by atoms with van der Waals surface area (Å²) < 4.78 is 29.5. The smallest absolute Gasteiger partial charge is 0.274 e. The van der Waals surface area contributed by atoms with Crippen molar-refractivity contribution < 1.29 is 13.2 Å². The summed E-state index contributed by atoms with van der Waals surface area (Å²) in [5, 5.41) is 4.45. The highest BCUT2D eigenvalue weighted by Crippen LogP contribution is 2.38. The van der Waals surface area contributed by atoms with Crippen molar-refractivity contribution in [3.05, 3.63) is 45.7 Å². The predicted molar refractivity (Wildman–Crippen MR) is 112 cm³/mol. The summed E-state index contributed by atoms with van der Waals surface area (Å²) in [6.07, 6.45) is 0.863. The second-order valence-corrected chi connectivity index (χ2v) is 11.0. The van der Waals surface area contributed by atoms with Gasteiger partial charge in [-0.3, -0.25) is 9.59 Å². The van der Waals surface area contributed by atoms with E-state index in [0.717, 1.165) is 12.1 Å². The van der Waals surface area contributed by atoms with E-state index in [2.05, 4.69) is 5.32 Å². The summed E-state index contributed by atoms with van der Waals surface area (Å²) in [6.45, 7) is 1.42. The summed E-state index contributed by atoms with van der Waals surface area (Å²) in [7, 11) is 0.0701. The monoisotopic (exact) mass is 436 g/mol. The molecule has 0 spiro atoms. The first kappa shape index (κ1) is 20.3. The van der Waals surface area contributed by atoms with Crippen LogP contribution in [0.1, 0.15) is 18.0 Å². The number of likely N-dealkylation sites (N-methyl/N-ethyl adjacent to an activating group) is 1. The largest absolute Gasteiger partial charge is 0.320 e. The third-order valence-corrected chi connectivity index (χ3v) is 8.60. The summed E-state index contributed by atoms with van der Waals surface area (Å²) in [4.78, 5) is 26.7. The first-order chi connectivity index (χ1) is 13.8. The van der Waals surface area contributed by atoms with Crippen LogP contribution in [0.25, 0.3) is 0 Å². The number of pyridine rings is 1. The number of hydrogen-bond acceptors (Lipinski definition) is 6. The van der Waals surface area contributed by atoms with Gasteiger partial charge in [-0.05, 0) is 50.0 Å². The first-order valence-corrected chi connectivity index (χ1v) is 11.8. The van der Waals surface area contributed by atoms with E-state index < -0.39 is 10.0 Å². The molecular formula is C19H24N4O4S2. The summed E-state index contributed by atoms with van der Waals surface area (Å²) in [5.74, 6) is -0.199. The van der Waals surface area contributed by atoms with E-state index in [0.29, 0.717) is 23.8 Å². The Kier molecular flexibility index (Phi) is 5.36. The maximum Gasteiger partial charge on any atom is 0.274 e. The standard InChI is InChI=1S/C19H24N4O4S2/c1-21(2)12-17(24)20-15-5-6-16-14-8-13(10-23(16)19(15)25)9-22(11-14)29(26,27)18-4-3-7-28-18/h3-7,13-14H,8-12H2,1-2H3,(H,20,24). The Morgan fingerprint density at radius 1 is 1.24 bits per heavy atom. The van der Waals surface area contributed by atoms with Crippen molar-refractivity contribution in [2.75, 3.05) is 39.0 Å². The van der Waals surface area contributed by atoms with E-state index in [1.807, 2.05) is 6.07 Å². The predicted octanol–water partition coefficient (Wildman–Crippen LogP) is 1.22. The number of amides is 1. The molecule has 0 aromatic carbocycles. The van der Waals surface area contributed by atoms with Gasteiger partial charge in [0.05, 0.1) is 6.54 Å². The van der Waals surface area contributed by atoms with Gasteiger partial charge in [-0.25, -0.2) is 8.42 Å². The maximum absolute atomic E-state index is 12.9. The Morgan fingerprint density at radius 3 is 2.72 bits per heavy atom. The number of hydrogen-bond donors (Lipinski definition) is 1. The molecule has 1 fully saturated rings. The zero-order chi connectivity index (χ0) is 20.8. The van der Waals surface area contributed by atoms with Gasteiger partial charge in [-0.1, -0.05) is 6.07 Å². The molecule has 1 amide bonds. The van der Waals surface area contributed by atoms with Crippen molar-refractivity contribution in [3.63, 3.8) is 0 Å². The van der Waals surface area contributed by atoms with Crippen LogP contribution >= 0.6 is 11.3 Å². The van der Waals surface area contributed by atoms with Gasteiger partial charge in [0.2, 0.25) is 5.91 Å². The number of nitrogens with zero attached hydrogens (tertiary/aromatic N) is 3. The highest BCUT2D eigenvalue weighted by molar-refractivity contribution is 7.91. The van der Waals surface area contributed by atoms with Crippen molar-refractivity contribution >= 4 is 33.0 Å². The topological polar surface area (TPSA) is 91.7 Å². The molecule has 29 heavy (non-hydrogen) atoms. The van der Waals surface area contributed by atoms with Gasteiger partial charge in [-0.2, -0.15) is 4.31 Å². The molecule has 4 heterocycles. The number of rotatable bonds is 5. The number of piperidine rings is 1. The minimum Gasteiger partial charge on any atom is -0.320 e. The van der Waals surface area contributed by atoms with Gasteiger partial charge in [0.25, 0.3) is 15.6 Å². The van der Waals surface area contributed by atoms with Gasteiger partial charge in [0.15, 0.2) is 0 Å². The van der Waals surface area contributed by atoms with Crippen molar-refractivity contribution in [2.45, 2.75) is 23.1 Å². The van der Waals surface area contributed by atoms with Crippen LogP contribution in [-0.4, -0.2) is 61.8 Å². The number of carbonyl (C=O) groups is 1. The zero-order valence-electron chi connectivity index (χ0n) is 16.4. The van der Waals surface area contributed by atoms with Gasteiger partial charge < -0.3 is 14.8 Å². The van der Waals surface area contributed by atoms with E-state index in [4.69, 9.17) is 0 Å². The summed E-state index contributed by atoms with van der Waals surface area (Å²) in [6, 6.07) is 6.85. The molecule has 4 rings (SSSR count). The Balaban J connectivity index is 1.60. The van der Waals surface area contributed by atoms with Crippen LogP contribution in [0.3, 0.4) is 0 Å². The molecule has 2 aromatic rings. The van der Waals surface area contributed by atoms with Crippen molar-refractivity contribution in [1.29, 1.82) is 0 Å². The molecule has 156 valence electrons. The summed E-state index contributed by atoms with van der Waals surface area (Å²) >= 11 is 1.22. The maximum atomic E-state index is 12.9. The van der Waals surface area contributed by atoms with Crippen molar-refractivity contribution in [3.8, 4) is 0 Å². The molecule has 0 radical (unpaired) electrons. The Bertz CT molecular complexity index is 1080. The molecule has 1 N–H and O–H groups in total. The minimum absolute atomic E-state index is 0.0311. The normalized spacial score (nSPS) is 21.8. The number of fused-ring (bicyclic) bond motifs is 4. The first-order valence-electron chi connectivity index (χ1n) is 9.47. The quantitative estimate of drug-likeness (QED) is 0.761. The fourth-order valence-corrected chi connectivity index (χ4v) is 6.91. The fraction of sp³-hybridized carbons (Fsp3) is 0.474. The second kappa shape index (κ2) is 7.67. The Labute approximate surface area is 173 Å². The average molecular weight is 437 g/mol. The second-order valence-electron chi connectivity index (χ2n) is 7.93. The van der Waals surface area contributed by atoms with Crippen molar-refractivity contribution in [1.82, 2.24) is 13.8 Å². The van der Waals surface area contributed by atoms with Gasteiger partial charge in [0, 0.05) is 31.2 Å². The molecule has 2 aliphatic heterocycles. The van der Waals surface area contributed by atoms with E-state index >= 15 is 0 Å². The number of aromatic nitrogens is 1. The molecule has 0 saturated carbocycles. The number of nitrogens with one attached hydrogen (secondary N) is 1. The molecule has 0 aliphatic carbocycles. The highest BCUT2D eigenvalue weighted by Gasteiger charge is 2.40. The van der Waals surface area contributed by atoms with Crippen molar-refractivity contribution in [2.24, 2.45) is 5.92 Å². The van der Waals surface area contributed by atoms with Crippen LogP contribution < -0.4 is 10.9 Å². The van der Waals surface area contributed by atoms with E-state index in [9.17, 15) is 18.0 Å². The molecule has 2 aromatic heterocycles. The molecule has 2 atom stereocenters. The van der Waals surface area contributed by atoms with Crippen LogP contribution in [0.4, 0.5) is 5.69 Å². The summed E-state index contributed by atoms with van der Waals surface area (Å²) in [5.41, 5.74) is 0.880. The lowest BCUT2D eigenvalue weighted by Crippen LogP contribution is -2.49. The van der Waals surface area contributed by atoms with Gasteiger partial charge in [0.1, 0.15) is 9.90 Å². The molecular weight excluding hydrogens is 412 g/mol. The van der Waals surface area contributed by atoms with E-state index in [1.165, 1.54) is 11.3 Å². The average Bonchev–Trinajstić information content (AvgIpc) is 3.19. The molecule has 10 heteroatoms. The molecule has 1 saturated heterocycles. The van der Waals surface area contributed by atoms with Crippen LogP contribution in [0.5, 0.6) is 0 Å². The zero-order valence-corrected chi connectivity index (χ0v) is 18.0. The minimum atomic E-state index is -3.51. The number of carbonyl (C=O) groups excluding carboxylic acids is 1. The lowest BCUT2D eigenvalue weighted by molar-refractivity contribution is -0.116. The third kappa shape index (κ3) is 3.89. The molecule has 8 nitrogen and oxygen atoms in total. The van der Waals surface area contributed by atoms with E-state index in [-0.39, 0.29) is 35.5 Å². The number of thiophene rings is 1. The number of sulfonamides is 1. The van der Waals surface area contributed by atoms with Gasteiger partial charge >= 0.3 is 0 Å². The van der Waals surface area contributed by atoms with Gasteiger partial charge in [-0.15, -0.1) is 11.3 Å². The SMILES string of the molecule is CN(C)CC(=O)Nc1ccc2n(c1=O)CC1CC2CN(S(=O)(=O)c2cccs2)C1. The lowest BCUT2D eigenvalue weighted by atomic mass is 9.84. The lowest BCUT2D eigenvalue weighted by Gasteiger charge is -2.42. The van der Waals surface area contributed by atoms with Crippen LogP contribution in [0, 0.1) is 5.92 Å². The molecule has 2 aliphatic rings. The Morgan fingerprint density at radius 2 is 2.03 bits per heavy atom. The molecule has 2 bridgehead atoms. The number of anilines is 1. The van der Waals surface area contributed by atoms with Crippen LogP contribution in [0.2, 0.25) is 0 Å². The Hall–Kier alpha value is -2.01. The molecule has 2 unspecified atom stereocenters. The van der Waals surface area contributed by atoms with E-state index in [1.54, 1.807) is 51.4 Å². The third-order valence-electron chi connectivity index (χ3n) is 5.39. The van der Waals surface area contributed by atoms with Crippen LogP contribution in [0.15, 0.2) is 38.6 Å². The fourth-order valence-electron chi connectivity index (χ4n) is 4.21. The van der Waals surface area contributed by atoms with Crippen LogP contribution in [-0.2, 0) is 21.4 Å².